The molecule has 0 unspecified atom stereocenters. The van der Waals surface area contributed by atoms with E-state index in [2.05, 4.69) is 10.5 Å². The summed E-state index contributed by atoms with van der Waals surface area (Å²) in [7, 11) is -3.74. The van der Waals surface area contributed by atoms with E-state index in [0.717, 1.165) is 0 Å². The number of amidine groups is 1. The van der Waals surface area contributed by atoms with Gasteiger partial charge in [-0.3, -0.25) is 0 Å². The fourth-order valence-corrected chi connectivity index (χ4v) is 1.42. The standard InChI is InChI=1S/C8H10N4O4S/c1-6(12(13)14)10-11-7-2-4-8(5-3-7)17(9,15)16/h2-5,11H,1H3,(H2,9,15,16)/b10-6-. The number of nitrogens with one attached hydrogen (secondary N) is 1. The van der Waals surface area contributed by atoms with E-state index in [4.69, 9.17) is 5.14 Å². The van der Waals surface area contributed by atoms with Crippen molar-refractivity contribution < 1.29 is 13.3 Å². The van der Waals surface area contributed by atoms with E-state index in [9.17, 15) is 18.5 Å². The van der Waals surface area contributed by atoms with Gasteiger partial charge in [0.25, 0.3) is 0 Å². The Hall–Kier alpha value is -2.00. The number of hydrogen-bond acceptors (Lipinski definition) is 6. The van der Waals surface area contributed by atoms with Crippen LogP contribution in [0.15, 0.2) is 34.3 Å². The summed E-state index contributed by atoms with van der Waals surface area (Å²) in [5, 5.41) is 18.6. The third-order valence-corrected chi connectivity index (χ3v) is 2.72. The van der Waals surface area contributed by atoms with Crippen LogP contribution in [0.3, 0.4) is 0 Å². The molecule has 0 aliphatic carbocycles. The summed E-state index contributed by atoms with van der Waals surface area (Å²) in [5.74, 6) is -0.305. The van der Waals surface area contributed by atoms with E-state index >= 15 is 0 Å². The summed E-state index contributed by atoms with van der Waals surface area (Å²) in [6, 6.07) is 5.34. The molecule has 0 aromatic heterocycles. The summed E-state index contributed by atoms with van der Waals surface area (Å²) < 4.78 is 21.9. The van der Waals surface area contributed by atoms with E-state index in [1.165, 1.54) is 31.2 Å². The van der Waals surface area contributed by atoms with Crippen molar-refractivity contribution in [2.45, 2.75) is 11.8 Å². The van der Waals surface area contributed by atoms with Crippen LogP contribution in [0.1, 0.15) is 6.92 Å². The van der Waals surface area contributed by atoms with Gasteiger partial charge in [0.05, 0.1) is 15.7 Å². The number of nitrogens with two attached hydrogens (primary N) is 1. The molecule has 0 fully saturated rings. The molecule has 1 aromatic rings. The molecule has 0 aliphatic rings. The Bertz CT molecular complexity index is 549. The van der Waals surface area contributed by atoms with Gasteiger partial charge in [-0.25, -0.2) is 13.6 Å². The largest absolute Gasteiger partial charge is 0.360 e. The van der Waals surface area contributed by atoms with E-state index in [1.54, 1.807) is 0 Å². The van der Waals surface area contributed by atoms with Gasteiger partial charge in [-0.1, -0.05) is 0 Å². The quantitative estimate of drug-likeness (QED) is 0.350. The van der Waals surface area contributed by atoms with Gasteiger partial charge in [0.2, 0.25) is 10.0 Å². The first kappa shape index (κ1) is 13.1. The van der Waals surface area contributed by atoms with Crippen molar-refractivity contribution >= 4 is 21.5 Å². The lowest BCUT2D eigenvalue weighted by Crippen LogP contribution is -2.12. The molecular weight excluding hydrogens is 248 g/mol. The summed E-state index contributed by atoms with van der Waals surface area (Å²) >= 11 is 0. The molecule has 0 saturated carbocycles. The van der Waals surface area contributed by atoms with Crippen LogP contribution in [-0.4, -0.2) is 19.2 Å². The third-order valence-electron chi connectivity index (χ3n) is 1.79. The molecule has 3 N–H and O–H groups in total. The predicted molar refractivity (Wildman–Crippen MR) is 61.5 cm³/mol. The van der Waals surface area contributed by atoms with Crippen molar-refractivity contribution in [3.8, 4) is 0 Å². The van der Waals surface area contributed by atoms with Crippen molar-refractivity contribution in [1.82, 2.24) is 0 Å². The molecule has 0 heterocycles. The van der Waals surface area contributed by atoms with Crippen LogP contribution in [0, 0.1) is 10.1 Å². The van der Waals surface area contributed by atoms with Crippen LogP contribution in [0.4, 0.5) is 5.69 Å². The average molecular weight is 258 g/mol. The normalized spacial score (nSPS) is 12.2. The van der Waals surface area contributed by atoms with Gasteiger partial charge in [-0.2, -0.15) is 5.43 Å². The fourth-order valence-electron chi connectivity index (χ4n) is 0.905. The number of benzene rings is 1. The first-order valence-corrected chi connectivity index (χ1v) is 5.93. The van der Waals surface area contributed by atoms with Crippen molar-refractivity contribution in [2.24, 2.45) is 10.2 Å². The number of hydrazone groups is 1. The molecule has 0 spiro atoms. The van der Waals surface area contributed by atoms with Crippen LogP contribution < -0.4 is 10.6 Å². The minimum Gasteiger partial charge on any atom is -0.358 e. The second-order valence-electron chi connectivity index (χ2n) is 3.10. The zero-order chi connectivity index (χ0) is 13.1. The van der Waals surface area contributed by atoms with Gasteiger partial charge in [0.15, 0.2) is 0 Å². The SMILES string of the molecule is C/C(=N/Nc1ccc(S(N)(=O)=O)cc1)[N+](=O)[O-]. The Morgan fingerprint density at radius 1 is 1.41 bits per heavy atom. The maximum absolute atomic E-state index is 10.9. The van der Waals surface area contributed by atoms with Crippen molar-refractivity contribution in [1.29, 1.82) is 0 Å². The molecule has 1 aromatic carbocycles. The predicted octanol–water partition coefficient (Wildman–Crippen LogP) is 0.356. The molecule has 1 rings (SSSR count). The second kappa shape index (κ2) is 4.89. The Morgan fingerprint density at radius 3 is 2.35 bits per heavy atom. The number of rotatable bonds is 3. The van der Waals surface area contributed by atoms with Crippen molar-refractivity contribution in [2.75, 3.05) is 5.43 Å². The summed E-state index contributed by atoms with van der Waals surface area (Å²) in [4.78, 5) is 9.55. The first-order chi connectivity index (χ1) is 7.80. The first-order valence-electron chi connectivity index (χ1n) is 4.38. The third kappa shape index (κ3) is 3.81. The van der Waals surface area contributed by atoms with Crippen molar-refractivity contribution in [3.05, 3.63) is 34.4 Å². The number of nitrogens with zero attached hydrogens (tertiary/aromatic N) is 2. The van der Waals surface area contributed by atoms with E-state index in [1.807, 2.05) is 0 Å². The molecule has 0 amide bonds. The van der Waals surface area contributed by atoms with Gasteiger partial charge < -0.3 is 10.1 Å². The fraction of sp³-hybridized carbons (Fsp3) is 0.125. The molecule has 0 atom stereocenters. The lowest BCUT2D eigenvalue weighted by atomic mass is 10.3. The lowest BCUT2D eigenvalue weighted by Gasteiger charge is -1.99. The minimum atomic E-state index is -3.74. The lowest BCUT2D eigenvalue weighted by molar-refractivity contribution is -0.351. The molecule has 17 heavy (non-hydrogen) atoms. The Morgan fingerprint density at radius 2 is 1.94 bits per heavy atom. The van der Waals surface area contributed by atoms with E-state index in [-0.39, 0.29) is 10.7 Å². The van der Waals surface area contributed by atoms with Gasteiger partial charge >= 0.3 is 5.84 Å². The van der Waals surface area contributed by atoms with Crippen LogP contribution in [0.25, 0.3) is 0 Å². The average Bonchev–Trinajstić information content (AvgIpc) is 2.25. The Kier molecular flexibility index (Phi) is 3.76. The van der Waals surface area contributed by atoms with Crippen LogP contribution in [0.2, 0.25) is 0 Å². The number of nitro groups is 1. The van der Waals surface area contributed by atoms with Gasteiger partial charge in [-0.15, -0.1) is 0 Å². The highest BCUT2D eigenvalue weighted by atomic mass is 32.2. The number of hydrogen-bond donors (Lipinski definition) is 2. The molecular formula is C8H10N4O4S. The second-order valence-corrected chi connectivity index (χ2v) is 4.66. The highest BCUT2D eigenvalue weighted by molar-refractivity contribution is 7.89. The summed E-state index contributed by atoms with van der Waals surface area (Å²) in [5.41, 5.74) is 2.83. The van der Waals surface area contributed by atoms with Gasteiger partial charge in [0, 0.05) is 6.92 Å². The van der Waals surface area contributed by atoms with E-state index in [0.29, 0.717) is 5.69 Å². The number of primary sulfonamides is 1. The highest BCUT2D eigenvalue weighted by Crippen LogP contribution is 2.12. The Labute approximate surface area is 97.3 Å². The highest BCUT2D eigenvalue weighted by Gasteiger charge is 2.07. The molecule has 92 valence electrons. The molecule has 0 radical (unpaired) electrons. The maximum Gasteiger partial charge on any atom is 0.360 e. The zero-order valence-corrected chi connectivity index (χ0v) is 9.64. The molecule has 0 aliphatic heterocycles. The van der Waals surface area contributed by atoms with Crippen LogP contribution in [0.5, 0.6) is 0 Å². The smallest absolute Gasteiger partial charge is 0.358 e. The number of anilines is 1. The zero-order valence-electron chi connectivity index (χ0n) is 8.82. The molecule has 0 bridgehead atoms. The van der Waals surface area contributed by atoms with Crippen LogP contribution in [-0.2, 0) is 10.0 Å². The van der Waals surface area contributed by atoms with E-state index < -0.39 is 14.9 Å². The summed E-state index contributed by atoms with van der Waals surface area (Å²) in [6.07, 6.45) is 0. The molecule has 8 nitrogen and oxygen atoms in total. The van der Waals surface area contributed by atoms with Crippen molar-refractivity contribution in [3.63, 3.8) is 0 Å². The van der Waals surface area contributed by atoms with Gasteiger partial charge in [-0.05, 0) is 29.2 Å². The van der Waals surface area contributed by atoms with Gasteiger partial charge in [0.1, 0.15) is 0 Å². The minimum absolute atomic E-state index is 0.0435. The molecule has 9 heteroatoms. The number of sulfonamides is 1. The monoisotopic (exact) mass is 258 g/mol. The molecule has 0 saturated heterocycles. The summed E-state index contributed by atoms with van der Waals surface area (Å²) in [6.45, 7) is 1.23. The Balaban J connectivity index is 2.83. The topological polar surface area (TPSA) is 128 Å². The van der Waals surface area contributed by atoms with Crippen LogP contribution >= 0.6 is 0 Å². The maximum atomic E-state index is 10.9.